The Hall–Kier alpha value is -2.84. The Labute approximate surface area is 151 Å². The highest BCUT2D eigenvalue weighted by molar-refractivity contribution is 6.34. The van der Waals surface area contributed by atoms with Gasteiger partial charge in [-0.15, -0.1) is 0 Å². The summed E-state index contributed by atoms with van der Waals surface area (Å²) in [4.78, 5) is 13.2. The average molecular weight is 346 g/mol. The van der Waals surface area contributed by atoms with Gasteiger partial charge < -0.3 is 0 Å². The molecule has 3 aromatic carbocycles. The molecule has 1 aromatic heterocycles. The Bertz CT molecular complexity index is 1050. The monoisotopic (exact) mass is 345 g/mol. The number of fused-ring (bicyclic) bond motifs is 1. The first kappa shape index (κ1) is 15.7. The fourth-order valence-electron chi connectivity index (χ4n) is 3.14. The average Bonchev–Trinajstić information content (AvgIpc) is 3.00. The van der Waals surface area contributed by atoms with E-state index in [-0.39, 0.29) is 5.91 Å². The molecule has 0 aliphatic carbocycles. The topological polar surface area (TPSA) is 22.0 Å². The first-order valence-electron chi connectivity index (χ1n) is 8.16. The Balaban J connectivity index is 1.88. The van der Waals surface area contributed by atoms with E-state index in [2.05, 4.69) is 18.2 Å². The summed E-state index contributed by atoms with van der Waals surface area (Å²) in [6, 6.07) is 27.4. The molecule has 0 aliphatic heterocycles. The van der Waals surface area contributed by atoms with Crippen molar-refractivity contribution in [2.75, 3.05) is 0 Å². The van der Waals surface area contributed by atoms with Gasteiger partial charge in [-0.25, -0.2) is 0 Å². The zero-order chi connectivity index (χ0) is 17.2. The lowest BCUT2D eigenvalue weighted by atomic mass is 10.1. The van der Waals surface area contributed by atoms with E-state index in [1.54, 1.807) is 16.7 Å². The molecule has 0 saturated heterocycles. The molecule has 0 radical (unpaired) electrons. The van der Waals surface area contributed by atoms with E-state index < -0.39 is 0 Å². The lowest BCUT2D eigenvalue weighted by Gasteiger charge is -2.11. The van der Waals surface area contributed by atoms with Crippen LogP contribution < -0.4 is 0 Å². The third-order valence-electron chi connectivity index (χ3n) is 4.32. The zero-order valence-electron chi connectivity index (χ0n) is 13.5. The molecule has 0 bridgehead atoms. The van der Waals surface area contributed by atoms with Gasteiger partial charge in [-0.3, -0.25) is 9.36 Å². The molecule has 2 nitrogen and oxygen atoms in total. The van der Waals surface area contributed by atoms with Crippen molar-refractivity contribution in [3.8, 4) is 0 Å². The van der Waals surface area contributed by atoms with Gasteiger partial charge in [0.25, 0.3) is 5.91 Å². The Kier molecular flexibility index (Phi) is 4.12. The number of carbonyl (C=O) groups excluding carboxylic acids is 1. The van der Waals surface area contributed by atoms with Gasteiger partial charge in [-0.1, -0.05) is 72.3 Å². The van der Waals surface area contributed by atoms with Crippen LogP contribution in [0.1, 0.15) is 21.6 Å². The van der Waals surface area contributed by atoms with Crippen molar-refractivity contribution in [1.29, 1.82) is 0 Å². The molecule has 3 heteroatoms. The van der Waals surface area contributed by atoms with Crippen LogP contribution in [0.3, 0.4) is 0 Å². The first-order valence-corrected chi connectivity index (χ1v) is 8.54. The van der Waals surface area contributed by atoms with Crippen molar-refractivity contribution in [3.63, 3.8) is 0 Å². The number of benzene rings is 3. The van der Waals surface area contributed by atoms with Gasteiger partial charge in [0.05, 0.1) is 16.1 Å². The summed E-state index contributed by atoms with van der Waals surface area (Å²) in [6.07, 6.45) is 0.686. The van der Waals surface area contributed by atoms with Crippen molar-refractivity contribution in [2.24, 2.45) is 0 Å². The molecule has 0 saturated carbocycles. The molecule has 0 aliphatic rings. The van der Waals surface area contributed by atoms with Crippen LogP contribution in [0.25, 0.3) is 10.9 Å². The van der Waals surface area contributed by atoms with E-state index in [0.29, 0.717) is 17.0 Å². The Morgan fingerprint density at radius 3 is 2.32 bits per heavy atom. The molecular formula is C22H16ClNO. The number of para-hydroxylation sites is 1. The van der Waals surface area contributed by atoms with Crippen LogP contribution in [0.2, 0.25) is 5.02 Å². The highest BCUT2D eigenvalue weighted by Gasteiger charge is 2.18. The molecule has 0 unspecified atom stereocenters. The van der Waals surface area contributed by atoms with E-state index in [1.165, 1.54) is 5.56 Å². The van der Waals surface area contributed by atoms with Crippen LogP contribution in [-0.2, 0) is 6.42 Å². The van der Waals surface area contributed by atoms with Crippen molar-refractivity contribution in [2.45, 2.75) is 6.42 Å². The van der Waals surface area contributed by atoms with Gasteiger partial charge in [0.1, 0.15) is 0 Å². The summed E-state index contributed by atoms with van der Waals surface area (Å²) in [5.41, 5.74) is 3.54. The van der Waals surface area contributed by atoms with Crippen LogP contribution >= 0.6 is 11.6 Å². The van der Waals surface area contributed by atoms with Gasteiger partial charge in [-0.2, -0.15) is 0 Å². The molecule has 0 fully saturated rings. The molecule has 4 aromatic rings. The van der Waals surface area contributed by atoms with Crippen molar-refractivity contribution < 1.29 is 4.79 Å². The summed E-state index contributed by atoms with van der Waals surface area (Å²) >= 11 is 6.27. The maximum Gasteiger partial charge on any atom is 0.264 e. The van der Waals surface area contributed by atoms with E-state index in [4.69, 9.17) is 11.6 Å². The normalized spacial score (nSPS) is 10.9. The largest absolute Gasteiger partial charge is 0.280 e. The highest BCUT2D eigenvalue weighted by Crippen LogP contribution is 2.25. The zero-order valence-corrected chi connectivity index (χ0v) is 14.3. The summed E-state index contributed by atoms with van der Waals surface area (Å²) < 4.78 is 1.78. The van der Waals surface area contributed by atoms with E-state index in [1.807, 2.05) is 54.6 Å². The quantitative estimate of drug-likeness (QED) is 0.475. The number of hydrogen-bond donors (Lipinski definition) is 0. The molecule has 1 heterocycles. The first-order chi connectivity index (χ1) is 12.2. The predicted molar refractivity (Wildman–Crippen MR) is 102 cm³/mol. The van der Waals surface area contributed by atoms with Gasteiger partial charge >= 0.3 is 0 Å². The van der Waals surface area contributed by atoms with Crippen LogP contribution in [0.15, 0.2) is 84.9 Å². The van der Waals surface area contributed by atoms with Gasteiger partial charge in [0.2, 0.25) is 0 Å². The predicted octanol–water partition coefficient (Wildman–Crippen LogP) is 5.57. The van der Waals surface area contributed by atoms with Crippen molar-refractivity contribution >= 4 is 28.4 Å². The lowest BCUT2D eigenvalue weighted by Crippen LogP contribution is -2.15. The fraction of sp³-hybridized carbons (Fsp3) is 0.0455. The molecule has 25 heavy (non-hydrogen) atoms. The molecule has 122 valence electrons. The molecule has 0 spiro atoms. The van der Waals surface area contributed by atoms with Crippen LogP contribution in [-0.4, -0.2) is 10.5 Å². The van der Waals surface area contributed by atoms with Gasteiger partial charge in [-0.05, 0) is 29.8 Å². The van der Waals surface area contributed by atoms with E-state index >= 15 is 0 Å². The Morgan fingerprint density at radius 1 is 0.840 bits per heavy atom. The van der Waals surface area contributed by atoms with E-state index in [0.717, 1.165) is 16.6 Å². The number of halogens is 1. The minimum atomic E-state index is -0.0993. The highest BCUT2D eigenvalue weighted by atomic mass is 35.5. The maximum absolute atomic E-state index is 13.2. The summed E-state index contributed by atoms with van der Waals surface area (Å²) in [5.74, 6) is -0.0993. The lowest BCUT2D eigenvalue weighted by molar-refractivity contribution is 0.0962. The number of aromatic nitrogens is 1. The van der Waals surface area contributed by atoms with Crippen molar-refractivity contribution in [1.82, 2.24) is 4.57 Å². The third-order valence-corrected chi connectivity index (χ3v) is 4.65. The molecule has 0 atom stereocenters. The Morgan fingerprint density at radius 2 is 1.52 bits per heavy atom. The summed E-state index contributed by atoms with van der Waals surface area (Å²) in [7, 11) is 0. The SMILES string of the molecule is O=C(c1ccccc1Cl)n1c(Cc2ccccc2)cc2ccccc21. The second kappa shape index (κ2) is 6.58. The standard InChI is InChI=1S/C22H16ClNO/c23-20-12-6-5-11-19(20)22(25)24-18(14-16-8-2-1-3-9-16)15-17-10-4-7-13-21(17)24/h1-13,15H,14H2. The second-order valence-electron chi connectivity index (χ2n) is 5.98. The molecule has 4 rings (SSSR count). The van der Waals surface area contributed by atoms with Crippen molar-refractivity contribution in [3.05, 3.63) is 107 Å². The van der Waals surface area contributed by atoms with Crippen LogP contribution in [0, 0.1) is 0 Å². The summed E-state index contributed by atoms with van der Waals surface area (Å²) in [6.45, 7) is 0. The summed E-state index contributed by atoms with van der Waals surface area (Å²) in [5, 5.41) is 1.52. The minimum Gasteiger partial charge on any atom is -0.280 e. The minimum absolute atomic E-state index is 0.0993. The number of carbonyl (C=O) groups is 1. The number of nitrogens with zero attached hydrogens (tertiary/aromatic N) is 1. The third kappa shape index (κ3) is 2.97. The fourth-order valence-corrected chi connectivity index (χ4v) is 3.36. The molecule has 0 N–H and O–H groups in total. The molecular weight excluding hydrogens is 330 g/mol. The van der Waals surface area contributed by atoms with Gasteiger partial charge in [0, 0.05) is 17.5 Å². The second-order valence-corrected chi connectivity index (χ2v) is 6.38. The van der Waals surface area contributed by atoms with Crippen LogP contribution in [0.5, 0.6) is 0 Å². The number of rotatable bonds is 3. The number of hydrogen-bond acceptors (Lipinski definition) is 1. The maximum atomic E-state index is 13.2. The van der Waals surface area contributed by atoms with Crippen LogP contribution in [0.4, 0.5) is 0 Å². The van der Waals surface area contributed by atoms with Gasteiger partial charge in [0.15, 0.2) is 0 Å². The molecule has 0 amide bonds. The van der Waals surface area contributed by atoms with E-state index in [9.17, 15) is 4.79 Å². The smallest absolute Gasteiger partial charge is 0.264 e.